The van der Waals surface area contributed by atoms with Crippen LogP contribution in [0.1, 0.15) is 43.8 Å². The van der Waals surface area contributed by atoms with Gasteiger partial charge in [-0.2, -0.15) is 0 Å². The molecule has 5 nitrogen and oxygen atoms in total. The summed E-state index contributed by atoms with van der Waals surface area (Å²) in [4.78, 5) is 8.01. The van der Waals surface area contributed by atoms with Crippen molar-refractivity contribution >= 4 is 45.9 Å². The summed E-state index contributed by atoms with van der Waals surface area (Å²) in [5, 5.41) is 23.5. The molecule has 0 aliphatic carbocycles. The lowest BCUT2D eigenvalue weighted by atomic mass is 9.74. The van der Waals surface area contributed by atoms with Crippen molar-refractivity contribution in [1.29, 1.82) is 0 Å². The van der Waals surface area contributed by atoms with Gasteiger partial charge in [0.05, 0.1) is 28.8 Å². The second-order valence-corrected chi connectivity index (χ2v) is 11.5. The van der Waals surface area contributed by atoms with E-state index < -0.39 is 6.10 Å². The van der Waals surface area contributed by atoms with Gasteiger partial charge >= 0.3 is 0 Å². The fourth-order valence-electron chi connectivity index (χ4n) is 4.99. The van der Waals surface area contributed by atoms with Crippen LogP contribution in [0.5, 0.6) is 5.75 Å². The van der Waals surface area contributed by atoms with Crippen LogP contribution in [0.2, 0.25) is 10.0 Å². The summed E-state index contributed by atoms with van der Waals surface area (Å²) < 4.78 is 5.36. The van der Waals surface area contributed by atoms with E-state index in [1.54, 1.807) is 25.1 Å². The molecule has 0 radical (unpaired) electrons. The first-order valence-corrected chi connectivity index (χ1v) is 14.2. The van der Waals surface area contributed by atoms with E-state index in [2.05, 4.69) is 16.0 Å². The Hall–Kier alpha value is -1.54. The standard InChI is InChI=1S/C28H34Cl2N2O3S/c1-35-20-7-8-24-21(17-20)27(23(30)18-31-24)25(34)9-10-28(19-33)11-14-32(15-12-28)13-4-16-36-26-6-3-2-5-22(26)29/h2-3,5-8,17-18,25,33-34H,4,9-16,19H2,1H3. The molecule has 1 aliphatic heterocycles. The summed E-state index contributed by atoms with van der Waals surface area (Å²) in [5.41, 5.74) is 1.28. The topological polar surface area (TPSA) is 65.8 Å². The molecular formula is C28H34Cl2N2O3S. The number of aliphatic hydroxyl groups is 2. The molecule has 0 amide bonds. The minimum atomic E-state index is -0.738. The third-order valence-electron chi connectivity index (χ3n) is 7.31. The van der Waals surface area contributed by atoms with E-state index in [-0.39, 0.29) is 12.0 Å². The zero-order valence-corrected chi connectivity index (χ0v) is 23.0. The smallest absolute Gasteiger partial charge is 0.119 e. The number of likely N-dealkylation sites (tertiary alicyclic amines) is 1. The molecule has 3 aromatic rings. The number of thioether (sulfide) groups is 1. The predicted octanol–water partition coefficient (Wildman–Crippen LogP) is 6.62. The van der Waals surface area contributed by atoms with Gasteiger partial charge in [-0.25, -0.2) is 0 Å². The summed E-state index contributed by atoms with van der Waals surface area (Å²) >= 11 is 14.5. The number of benzene rings is 2. The highest BCUT2D eigenvalue weighted by Crippen LogP contribution is 2.40. The number of rotatable bonds is 11. The maximum absolute atomic E-state index is 11.2. The Kier molecular flexibility index (Phi) is 9.78. The number of ether oxygens (including phenoxy) is 1. The van der Waals surface area contributed by atoms with Crippen molar-refractivity contribution < 1.29 is 14.9 Å². The first-order valence-electron chi connectivity index (χ1n) is 12.5. The van der Waals surface area contributed by atoms with Crippen LogP contribution in [0.25, 0.3) is 10.9 Å². The van der Waals surface area contributed by atoms with Crippen LogP contribution in [-0.4, -0.2) is 59.2 Å². The molecule has 1 saturated heterocycles. The van der Waals surface area contributed by atoms with Crippen LogP contribution in [0, 0.1) is 5.41 Å². The Morgan fingerprint density at radius 1 is 1.14 bits per heavy atom. The van der Waals surface area contributed by atoms with Crippen molar-refractivity contribution in [2.75, 3.05) is 39.1 Å². The minimum absolute atomic E-state index is 0.133. The van der Waals surface area contributed by atoms with Gasteiger partial charge in [0.25, 0.3) is 0 Å². The largest absolute Gasteiger partial charge is 0.497 e. The molecule has 0 bridgehead atoms. The molecule has 0 saturated carbocycles. The fraction of sp³-hybridized carbons (Fsp3) is 0.464. The van der Waals surface area contributed by atoms with Crippen LogP contribution in [-0.2, 0) is 0 Å². The Morgan fingerprint density at radius 2 is 1.92 bits per heavy atom. The molecule has 1 unspecified atom stereocenters. The van der Waals surface area contributed by atoms with Crippen molar-refractivity contribution in [1.82, 2.24) is 9.88 Å². The SMILES string of the molecule is COc1ccc2ncc(Cl)c(C(O)CCC3(CO)CCN(CCCSc4ccccc4Cl)CC3)c2c1. The molecule has 36 heavy (non-hydrogen) atoms. The molecule has 2 aromatic carbocycles. The number of hydrogen-bond donors (Lipinski definition) is 2. The third-order valence-corrected chi connectivity index (χ3v) is 9.22. The van der Waals surface area contributed by atoms with E-state index >= 15 is 0 Å². The van der Waals surface area contributed by atoms with Crippen molar-refractivity contribution in [3.05, 3.63) is 64.3 Å². The zero-order valence-electron chi connectivity index (χ0n) is 20.6. The first-order chi connectivity index (χ1) is 17.4. The number of methoxy groups -OCH3 is 1. The second kappa shape index (κ2) is 12.8. The Morgan fingerprint density at radius 3 is 2.64 bits per heavy atom. The van der Waals surface area contributed by atoms with Gasteiger partial charge in [0.2, 0.25) is 0 Å². The molecule has 1 fully saturated rings. The summed E-state index contributed by atoms with van der Waals surface area (Å²) in [7, 11) is 1.62. The number of pyridine rings is 1. The Balaban J connectivity index is 1.30. The average Bonchev–Trinajstić information content (AvgIpc) is 2.91. The number of nitrogens with zero attached hydrogens (tertiary/aromatic N) is 2. The Labute approximate surface area is 227 Å². The molecule has 194 valence electrons. The summed E-state index contributed by atoms with van der Waals surface area (Å²) in [6, 6.07) is 13.6. The van der Waals surface area contributed by atoms with Gasteiger partial charge in [0, 0.05) is 28.6 Å². The highest BCUT2D eigenvalue weighted by molar-refractivity contribution is 7.99. The van der Waals surface area contributed by atoms with Crippen LogP contribution < -0.4 is 4.74 Å². The van der Waals surface area contributed by atoms with E-state index in [0.29, 0.717) is 22.8 Å². The van der Waals surface area contributed by atoms with Gasteiger partial charge in [0.15, 0.2) is 0 Å². The van der Waals surface area contributed by atoms with E-state index in [9.17, 15) is 10.2 Å². The molecule has 2 heterocycles. The highest BCUT2D eigenvalue weighted by atomic mass is 35.5. The molecule has 1 aliphatic rings. The molecular weight excluding hydrogens is 515 g/mol. The van der Waals surface area contributed by atoms with Gasteiger partial charge < -0.3 is 19.8 Å². The number of piperidine rings is 1. The van der Waals surface area contributed by atoms with Crippen molar-refractivity contribution in [3.63, 3.8) is 0 Å². The summed E-state index contributed by atoms with van der Waals surface area (Å²) in [5.74, 6) is 1.73. The number of hydrogen-bond acceptors (Lipinski definition) is 6. The molecule has 1 aromatic heterocycles. The maximum atomic E-state index is 11.2. The first kappa shape index (κ1) is 27.5. The zero-order chi connectivity index (χ0) is 25.5. The predicted molar refractivity (Wildman–Crippen MR) is 149 cm³/mol. The molecule has 4 rings (SSSR count). The van der Waals surface area contributed by atoms with E-state index in [1.807, 2.05) is 36.4 Å². The number of halogens is 2. The molecule has 1 atom stereocenters. The highest BCUT2D eigenvalue weighted by Gasteiger charge is 2.34. The van der Waals surface area contributed by atoms with E-state index in [4.69, 9.17) is 27.9 Å². The number of aliphatic hydroxyl groups excluding tert-OH is 2. The fourth-order valence-corrected chi connectivity index (χ4v) is 6.44. The third kappa shape index (κ3) is 6.66. The average molecular weight is 550 g/mol. The molecule has 8 heteroatoms. The van der Waals surface area contributed by atoms with E-state index in [1.165, 1.54) is 0 Å². The van der Waals surface area contributed by atoms with Crippen LogP contribution in [0.15, 0.2) is 53.6 Å². The van der Waals surface area contributed by atoms with Crippen molar-refractivity contribution in [2.45, 2.75) is 43.1 Å². The van der Waals surface area contributed by atoms with Crippen LogP contribution in [0.3, 0.4) is 0 Å². The lowest BCUT2D eigenvalue weighted by Crippen LogP contribution is -2.42. The number of aromatic nitrogens is 1. The van der Waals surface area contributed by atoms with Crippen molar-refractivity contribution in [3.8, 4) is 5.75 Å². The summed E-state index contributed by atoms with van der Waals surface area (Å²) in [6.45, 7) is 3.10. The van der Waals surface area contributed by atoms with Crippen molar-refractivity contribution in [2.24, 2.45) is 5.41 Å². The lowest BCUT2D eigenvalue weighted by molar-refractivity contribution is 0.0238. The van der Waals surface area contributed by atoms with Gasteiger partial charge in [0.1, 0.15) is 5.75 Å². The van der Waals surface area contributed by atoms with Crippen LogP contribution >= 0.6 is 35.0 Å². The number of fused-ring (bicyclic) bond motifs is 1. The molecule has 2 N–H and O–H groups in total. The van der Waals surface area contributed by atoms with Crippen LogP contribution in [0.4, 0.5) is 0 Å². The maximum Gasteiger partial charge on any atom is 0.119 e. The molecule has 0 spiro atoms. The van der Waals surface area contributed by atoms with E-state index in [0.717, 1.165) is 71.9 Å². The normalized spacial score (nSPS) is 16.8. The van der Waals surface area contributed by atoms with Gasteiger partial charge in [-0.1, -0.05) is 35.3 Å². The van der Waals surface area contributed by atoms with Gasteiger partial charge in [-0.05, 0) is 93.2 Å². The quantitative estimate of drug-likeness (QED) is 0.207. The lowest BCUT2D eigenvalue weighted by Gasteiger charge is -2.41. The monoisotopic (exact) mass is 548 g/mol. The summed E-state index contributed by atoms with van der Waals surface area (Å²) in [6.07, 6.45) is 5.07. The Bertz CT molecular complexity index is 1150. The second-order valence-electron chi connectivity index (χ2n) is 9.59. The van der Waals surface area contributed by atoms with Gasteiger partial charge in [-0.15, -0.1) is 11.8 Å². The minimum Gasteiger partial charge on any atom is -0.497 e. The van der Waals surface area contributed by atoms with Gasteiger partial charge in [-0.3, -0.25) is 4.98 Å².